The Morgan fingerprint density at radius 3 is 2.73 bits per heavy atom. The maximum absolute atomic E-state index is 12.7. The predicted molar refractivity (Wildman–Crippen MR) is 80.2 cm³/mol. The van der Waals surface area contributed by atoms with Crippen molar-refractivity contribution in [1.29, 1.82) is 0 Å². The SMILES string of the molecule is O=C1NCCN(c2nnc(C(F)F)s2)C1CC1CCCCC1. The lowest BCUT2D eigenvalue weighted by molar-refractivity contribution is -0.123. The van der Waals surface area contributed by atoms with E-state index in [0.717, 1.165) is 30.6 Å². The van der Waals surface area contributed by atoms with E-state index in [4.69, 9.17) is 0 Å². The molecule has 22 heavy (non-hydrogen) atoms. The van der Waals surface area contributed by atoms with E-state index in [9.17, 15) is 13.6 Å². The van der Waals surface area contributed by atoms with Crippen LogP contribution in [0.2, 0.25) is 0 Å². The quantitative estimate of drug-likeness (QED) is 0.922. The number of carbonyl (C=O) groups is 1. The molecule has 5 nitrogen and oxygen atoms in total. The van der Waals surface area contributed by atoms with Crippen molar-refractivity contribution in [2.45, 2.75) is 51.0 Å². The van der Waals surface area contributed by atoms with Gasteiger partial charge in [-0.15, -0.1) is 10.2 Å². The molecule has 1 amide bonds. The fraction of sp³-hybridized carbons (Fsp3) is 0.786. The second-order valence-electron chi connectivity index (χ2n) is 5.96. The Hall–Kier alpha value is -1.31. The molecule has 3 rings (SSSR count). The molecule has 0 radical (unpaired) electrons. The Bertz CT molecular complexity index is 519. The van der Waals surface area contributed by atoms with Crippen LogP contribution in [-0.4, -0.2) is 35.2 Å². The van der Waals surface area contributed by atoms with Crippen LogP contribution in [0.5, 0.6) is 0 Å². The van der Waals surface area contributed by atoms with Crippen molar-refractivity contribution in [2.75, 3.05) is 18.0 Å². The van der Waals surface area contributed by atoms with Gasteiger partial charge in [-0.3, -0.25) is 4.79 Å². The van der Waals surface area contributed by atoms with Gasteiger partial charge in [0.15, 0.2) is 5.01 Å². The van der Waals surface area contributed by atoms with Crippen molar-refractivity contribution < 1.29 is 13.6 Å². The van der Waals surface area contributed by atoms with Crippen molar-refractivity contribution in [1.82, 2.24) is 15.5 Å². The average Bonchev–Trinajstić information content (AvgIpc) is 3.00. The fourth-order valence-corrected chi connectivity index (χ4v) is 4.12. The van der Waals surface area contributed by atoms with Crippen LogP contribution in [0.25, 0.3) is 0 Å². The third-order valence-electron chi connectivity index (χ3n) is 4.47. The van der Waals surface area contributed by atoms with Crippen molar-refractivity contribution in [3.05, 3.63) is 5.01 Å². The number of hydrogen-bond donors (Lipinski definition) is 1. The van der Waals surface area contributed by atoms with Gasteiger partial charge in [-0.05, 0) is 12.3 Å². The molecule has 1 aromatic rings. The molecule has 0 bridgehead atoms. The number of piperazine rings is 1. The minimum atomic E-state index is -2.61. The van der Waals surface area contributed by atoms with Crippen LogP contribution in [0.1, 0.15) is 50.0 Å². The number of halogens is 2. The maximum Gasteiger partial charge on any atom is 0.291 e. The summed E-state index contributed by atoms with van der Waals surface area (Å²) in [5.41, 5.74) is 0. The van der Waals surface area contributed by atoms with E-state index in [1.807, 2.05) is 4.90 Å². The van der Waals surface area contributed by atoms with E-state index in [-0.39, 0.29) is 17.0 Å². The third-order valence-corrected chi connectivity index (χ3v) is 5.44. The second-order valence-corrected chi connectivity index (χ2v) is 6.95. The van der Waals surface area contributed by atoms with Gasteiger partial charge in [-0.2, -0.15) is 0 Å². The number of anilines is 1. The highest BCUT2D eigenvalue weighted by Crippen LogP contribution is 2.33. The Labute approximate surface area is 132 Å². The minimum absolute atomic E-state index is 0.0226. The summed E-state index contributed by atoms with van der Waals surface area (Å²) in [6.07, 6.45) is 4.16. The van der Waals surface area contributed by atoms with Crippen molar-refractivity contribution in [3.8, 4) is 0 Å². The molecule has 1 aromatic heterocycles. The molecule has 1 N–H and O–H groups in total. The number of aromatic nitrogens is 2. The minimum Gasteiger partial charge on any atom is -0.353 e. The second kappa shape index (κ2) is 6.85. The molecule has 1 atom stereocenters. The van der Waals surface area contributed by atoms with Crippen LogP contribution in [0.3, 0.4) is 0 Å². The van der Waals surface area contributed by atoms with Gasteiger partial charge in [0.2, 0.25) is 11.0 Å². The summed E-state index contributed by atoms with van der Waals surface area (Å²) in [5.74, 6) is 0.512. The molecule has 1 saturated carbocycles. The molecule has 1 aliphatic carbocycles. The first kappa shape index (κ1) is 15.6. The Morgan fingerprint density at radius 1 is 1.27 bits per heavy atom. The zero-order valence-corrected chi connectivity index (χ0v) is 13.1. The Kier molecular flexibility index (Phi) is 4.85. The van der Waals surface area contributed by atoms with Crippen molar-refractivity contribution >= 4 is 22.4 Å². The van der Waals surface area contributed by atoms with Gasteiger partial charge in [-0.25, -0.2) is 8.78 Å². The van der Waals surface area contributed by atoms with Gasteiger partial charge in [0.25, 0.3) is 6.43 Å². The first-order valence-electron chi connectivity index (χ1n) is 7.81. The van der Waals surface area contributed by atoms with Crippen LogP contribution in [0.15, 0.2) is 0 Å². The number of carbonyl (C=O) groups excluding carboxylic acids is 1. The molecule has 2 fully saturated rings. The number of alkyl halides is 2. The van der Waals surface area contributed by atoms with Crippen molar-refractivity contribution in [2.24, 2.45) is 5.92 Å². The summed E-state index contributed by atoms with van der Waals surface area (Å²) in [4.78, 5) is 14.1. The van der Waals surface area contributed by atoms with Crippen LogP contribution >= 0.6 is 11.3 Å². The number of amides is 1. The molecule has 1 aliphatic heterocycles. The third kappa shape index (κ3) is 3.37. The molecule has 122 valence electrons. The zero-order chi connectivity index (χ0) is 15.5. The first-order chi connectivity index (χ1) is 10.6. The van der Waals surface area contributed by atoms with E-state index in [1.165, 1.54) is 19.3 Å². The Morgan fingerprint density at radius 2 is 2.05 bits per heavy atom. The summed E-state index contributed by atoms with van der Waals surface area (Å²) in [7, 11) is 0. The maximum atomic E-state index is 12.7. The lowest BCUT2D eigenvalue weighted by Crippen LogP contribution is -2.56. The molecular weight excluding hydrogens is 310 g/mol. The summed E-state index contributed by atoms with van der Waals surface area (Å²) < 4.78 is 25.4. The molecule has 1 unspecified atom stereocenters. The van der Waals surface area contributed by atoms with E-state index >= 15 is 0 Å². The topological polar surface area (TPSA) is 58.1 Å². The highest BCUT2D eigenvalue weighted by molar-refractivity contribution is 7.15. The van der Waals surface area contributed by atoms with Crippen LogP contribution in [-0.2, 0) is 4.79 Å². The monoisotopic (exact) mass is 330 g/mol. The molecular formula is C14H20F2N4OS. The number of nitrogens with zero attached hydrogens (tertiary/aromatic N) is 3. The van der Waals surface area contributed by atoms with E-state index in [2.05, 4.69) is 15.5 Å². The van der Waals surface area contributed by atoms with Crippen LogP contribution in [0, 0.1) is 5.92 Å². The molecule has 2 heterocycles. The van der Waals surface area contributed by atoms with Gasteiger partial charge in [0.1, 0.15) is 6.04 Å². The van der Waals surface area contributed by atoms with Crippen molar-refractivity contribution in [3.63, 3.8) is 0 Å². The van der Waals surface area contributed by atoms with Gasteiger partial charge in [0, 0.05) is 13.1 Å². The lowest BCUT2D eigenvalue weighted by Gasteiger charge is -2.37. The first-order valence-corrected chi connectivity index (χ1v) is 8.62. The number of nitrogens with one attached hydrogen (secondary N) is 1. The fourth-order valence-electron chi connectivity index (χ4n) is 3.35. The van der Waals surface area contributed by atoms with E-state index in [0.29, 0.717) is 24.1 Å². The summed E-state index contributed by atoms with van der Waals surface area (Å²) in [6.45, 7) is 1.12. The molecule has 2 aliphatic rings. The van der Waals surface area contributed by atoms with Gasteiger partial charge < -0.3 is 10.2 Å². The molecule has 0 spiro atoms. The van der Waals surface area contributed by atoms with Crippen LogP contribution < -0.4 is 10.2 Å². The van der Waals surface area contributed by atoms with Crippen LogP contribution in [0.4, 0.5) is 13.9 Å². The lowest BCUT2D eigenvalue weighted by atomic mass is 9.84. The smallest absolute Gasteiger partial charge is 0.291 e. The molecule has 1 saturated heterocycles. The summed E-state index contributed by atoms with van der Waals surface area (Å²) in [5, 5.41) is 10.5. The van der Waals surface area contributed by atoms with Gasteiger partial charge >= 0.3 is 0 Å². The predicted octanol–water partition coefficient (Wildman–Crippen LogP) is 2.75. The largest absolute Gasteiger partial charge is 0.353 e. The van der Waals surface area contributed by atoms with E-state index < -0.39 is 6.43 Å². The highest BCUT2D eigenvalue weighted by atomic mass is 32.1. The number of hydrogen-bond acceptors (Lipinski definition) is 5. The number of rotatable bonds is 4. The molecule has 8 heteroatoms. The van der Waals surface area contributed by atoms with E-state index in [1.54, 1.807) is 0 Å². The Balaban J connectivity index is 1.75. The molecule has 0 aromatic carbocycles. The van der Waals surface area contributed by atoms with Gasteiger partial charge in [-0.1, -0.05) is 43.4 Å². The standard InChI is InChI=1S/C14H20F2N4OS/c15-11(16)13-18-19-14(22-13)20-7-6-17-12(21)10(20)8-9-4-2-1-3-5-9/h9-11H,1-8H2,(H,17,21). The normalized spacial score (nSPS) is 23.9. The zero-order valence-electron chi connectivity index (χ0n) is 12.3. The van der Waals surface area contributed by atoms with Gasteiger partial charge in [0.05, 0.1) is 0 Å². The summed E-state index contributed by atoms with van der Waals surface area (Å²) in [6, 6.07) is -0.310. The average molecular weight is 330 g/mol. The summed E-state index contributed by atoms with van der Waals surface area (Å²) >= 11 is 0.889. The highest BCUT2D eigenvalue weighted by Gasteiger charge is 2.34.